The second-order valence-corrected chi connectivity index (χ2v) is 2.05. The second kappa shape index (κ2) is 1.99. The van der Waals surface area contributed by atoms with Crippen LogP contribution in [0.4, 0.5) is 0 Å². The molecule has 0 nitrogen and oxygen atoms in total. The Labute approximate surface area is 51.6 Å². The summed E-state index contributed by atoms with van der Waals surface area (Å²) in [5.74, 6) is 0. The zero-order valence-corrected chi connectivity index (χ0v) is 5.23. The number of benzene rings is 1. The van der Waals surface area contributed by atoms with E-state index >= 15 is 0 Å². The molecule has 1 rings (SSSR count). The summed E-state index contributed by atoms with van der Waals surface area (Å²) in [6.45, 7) is 3.99. The molecular weight excluding hydrogens is 96.1 g/mol. The Morgan fingerprint density at radius 2 is 2.12 bits per heavy atom. The molecule has 1 aromatic rings. The van der Waals surface area contributed by atoms with Crippen LogP contribution in [0.3, 0.4) is 0 Å². The van der Waals surface area contributed by atoms with E-state index in [1.165, 1.54) is 5.56 Å². The Balaban J connectivity index is 3.17. The molecule has 0 aliphatic carbocycles. The molecule has 0 unspecified atom stereocenters. The maximum atomic E-state index is 7.32. The van der Waals surface area contributed by atoms with Gasteiger partial charge in [0.25, 0.3) is 0 Å². The molecule has 0 saturated heterocycles. The standard InChI is InChI=1S/C8H10/c1-7-4-3-5-8(2)6-7/h3-6H,1-2H3/i4D. The van der Waals surface area contributed by atoms with Gasteiger partial charge in [-0.1, -0.05) is 35.4 Å². The van der Waals surface area contributed by atoms with Gasteiger partial charge < -0.3 is 0 Å². The molecule has 0 saturated carbocycles. The van der Waals surface area contributed by atoms with Crippen LogP contribution < -0.4 is 0 Å². The van der Waals surface area contributed by atoms with Crippen molar-refractivity contribution in [2.45, 2.75) is 13.8 Å². The molecule has 0 atom stereocenters. The first-order chi connectivity index (χ1) is 4.20. The molecule has 0 radical (unpaired) electrons. The Bertz CT molecular complexity index is 216. The summed E-state index contributed by atoms with van der Waals surface area (Å²) in [5, 5.41) is 0. The number of hydrogen-bond donors (Lipinski definition) is 0. The Hall–Kier alpha value is -0.780. The number of rotatable bonds is 0. The first-order valence-electron chi connectivity index (χ1n) is 3.24. The zero-order chi connectivity index (χ0) is 6.85. The van der Waals surface area contributed by atoms with Gasteiger partial charge in [-0.3, -0.25) is 0 Å². The fourth-order valence-electron chi connectivity index (χ4n) is 0.736. The third-order valence-corrected chi connectivity index (χ3v) is 1.10. The highest BCUT2D eigenvalue weighted by Gasteiger charge is 1.80. The highest BCUT2D eigenvalue weighted by atomic mass is 13.9. The number of hydrogen-bond acceptors (Lipinski definition) is 0. The van der Waals surface area contributed by atoms with E-state index in [1.54, 1.807) is 0 Å². The van der Waals surface area contributed by atoms with Crippen LogP contribution in [0.1, 0.15) is 12.5 Å². The van der Waals surface area contributed by atoms with Gasteiger partial charge >= 0.3 is 0 Å². The van der Waals surface area contributed by atoms with Crippen LogP contribution in [0.5, 0.6) is 0 Å². The van der Waals surface area contributed by atoms with Gasteiger partial charge in [0.1, 0.15) is 0 Å². The summed E-state index contributed by atoms with van der Waals surface area (Å²) in [5.41, 5.74) is 2.28. The summed E-state index contributed by atoms with van der Waals surface area (Å²) in [6, 6.07) is 6.42. The SMILES string of the molecule is [2H]c1ccc(C)cc1C. The predicted molar refractivity (Wildman–Crippen MR) is 35.9 cm³/mol. The molecule has 1 aromatic carbocycles. The van der Waals surface area contributed by atoms with Crippen molar-refractivity contribution in [3.8, 4) is 0 Å². The van der Waals surface area contributed by atoms with E-state index in [0.29, 0.717) is 6.04 Å². The Morgan fingerprint density at radius 3 is 2.62 bits per heavy atom. The molecule has 0 aromatic heterocycles. The van der Waals surface area contributed by atoms with Crippen molar-refractivity contribution in [2.75, 3.05) is 0 Å². The largest absolute Gasteiger partial charge is 0.0626 e. The first-order valence-corrected chi connectivity index (χ1v) is 2.74. The highest BCUT2D eigenvalue weighted by molar-refractivity contribution is 5.20. The van der Waals surface area contributed by atoms with E-state index in [-0.39, 0.29) is 0 Å². The molecule has 0 bridgehead atoms. The average molecular weight is 107 g/mol. The van der Waals surface area contributed by atoms with Gasteiger partial charge in [-0.05, 0) is 13.8 Å². The smallest absolute Gasteiger partial charge is 0.0617 e. The fourth-order valence-corrected chi connectivity index (χ4v) is 0.736. The van der Waals surface area contributed by atoms with E-state index < -0.39 is 0 Å². The minimum absolute atomic E-state index is 0.626. The van der Waals surface area contributed by atoms with E-state index in [4.69, 9.17) is 1.37 Å². The monoisotopic (exact) mass is 107 g/mol. The van der Waals surface area contributed by atoms with E-state index in [2.05, 4.69) is 0 Å². The molecule has 0 spiro atoms. The molecule has 42 valence electrons. The molecular formula is C8H10. The third-order valence-electron chi connectivity index (χ3n) is 1.10. The normalized spacial score (nSPS) is 11.0. The summed E-state index contributed by atoms with van der Waals surface area (Å²) in [7, 11) is 0. The average Bonchev–Trinajstić information content (AvgIpc) is 1.80. The highest BCUT2D eigenvalue weighted by Crippen LogP contribution is 2.00. The molecule has 0 fully saturated rings. The van der Waals surface area contributed by atoms with Gasteiger partial charge in [-0.15, -0.1) is 0 Å². The van der Waals surface area contributed by atoms with Crippen LogP contribution in [0.2, 0.25) is 0 Å². The van der Waals surface area contributed by atoms with Gasteiger partial charge in [0.2, 0.25) is 0 Å². The lowest BCUT2D eigenvalue weighted by molar-refractivity contribution is 1.39. The van der Waals surface area contributed by atoms with Crippen molar-refractivity contribution >= 4 is 0 Å². The Morgan fingerprint density at radius 1 is 1.38 bits per heavy atom. The van der Waals surface area contributed by atoms with Gasteiger partial charge in [0, 0.05) is 0 Å². The quantitative estimate of drug-likeness (QED) is 0.477. The molecule has 0 aliphatic rings. The summed E-state index contributed by atoms with van der Waals surface area (Å²) >= 11 is 0. The summed E-state index contributed by atoms with van der Waals surface area (Å²) < 4.78 is 7.32. The van der Waals surface area contributed by atoms with Crippen LogP contribution in [0, 0.1) is 13.8 Å². The van der Waals surface area contributed by atoms with E-state index in [0.717, 1.165) is 5.56 Å². The van der Waals surface area contributed by atoms with Crippen LogP contribution in [0.25, 0.3) is 0 Å². The van der Waals surface area contributed by atoms with E-state index in [1.807, 2.05) is 32.0 Å². The van der Waals surface area contributed by atoms with Gasteiger partial charge in [-0.2, -0.15) is 0 Å². The van der Waals surface area contributed by atoms with Crippen molar-refractivity contribution in [1.82, 2.24) is 0 Å². The number of aryl methyl sites for hydroxylation is 2. The minimum atomic E-state index is 0.626. The Kier molecular flexibility index (Phi) is 1.03. The topological polar surface area (TPSA) is 0 Å². The minimum Gasteiger partial charge on any atom is -0.0617 e. The lowest BCUT2D eigenvalue weighted by atomic mass is 10.2. The van der Waals surface area contributed by atoms with E-state index in [9.17, 15) is 0 Å². The van der Waals surface area contributed by atoms with Crippen LogP contribution in [-0.4, -0.2) is 0 Å². The van der Waals surface area contributed by atoms with Crippen molar-refractivity contribution in [3.63, 3.8) is 0 Å². The first kappa shape index (κ1) is 4.13. The van der Waals surface area contributed by atoms with Gasteiger partial charge in [0.15, 0.2) is 0 Å². The maximum Gasteiger partial charge on any atom is 0.0626 e. The lowest BCUT2D eigenvalue weighted by Gasteiger charge is -1.90. The summed E-state index contributed by atoms with van der Waals surface area (Å²) in [6.07, 6.45) is 0. The zero-order valence-electron chi connectivity index (χ0n) is 6.23. The van der Waals surface area contributed by atoms with Crippen molar-refractivity contribution in [2.24, 2.45) is 0 Å². The van der Waals surface area contributed by atoms with Crippen molar-refractivity contribution in [3.05, 3.63) is 35.4 Å². The predicted octanol–water partition coefficient (Wildman–Crippen LogP) is 2.30. The van der Waals surface area contributed by atoms with Crippen LogP contribution in [-0.2, 0) is 0 Å². The van der Waals surface area contributed by atoms with Gasteiger partial charge in [0.05, 0.1) is 1.37 Å². The van der Waals surface area contributed by atoms with Crippen LogP contribution >= 0.6 is 0 Å². The molecule has 8 heavy (non-hydrogen) atoms. The lowest BCUT2D eigenvalue weighted by Crippen LogP contribution is -1.71. The maximum absolute atomic E-state index is 7.32. The molecule has 0 heterocycles. The fraction of sp³-hybridized carbons (Fsp3) is 0.250. The molecule has 0 N–H and O–H groups in total. The van der Waals surface area contributed by atoms with Crippen molar-refractivity contribution < 1.29 is 1.37 Å². The summed E-state index contributed by atoms with van der Waals surface area (Å²) in [4.78, 5) is 0. The van der Waals surface area contributed by atoms with Gasteiger partial charge in [-0.25, -0.2) is 0 Å². The second-order valence-electron chi connectivity index (χ2n) is 2.05. The molecule has 0 amide bonds. The molecule has 0 aliphatic heterocycles. The molecule has 0 heteroatoms. The third kappa shape index (κ3) is 1.09. The van der Waals surface area contributed by atoms with Crippen molar-refractivity contribution in [1.29, 1.82) is 0 Å². The van der Waals surface area contributed by atoms with Crippen LogP contribution in [0.15, 0.2) is 24.2 Å².